The van der Waals surface area contributed by atoms with E-state index in [1.165, 1.54) is 13.4 Å². The van der Waals surface area contributed by atoms with Gasteiger partial charge in [0.05, 0.1) is 30.7 Å². The first-order valence-electron chi connectivity index (χ1n) is 9.58. The van der Waals surface area contributed by atoms with Crippen LogP contribution in [-0.2, 0) is 0 Å². The number of aromatic nitrogens is 5. The average molecular weight is 410 g/mol. The molecule has 5 aromatic rings. The molecule has 0 atom stereocenters. The Hall–Kier alpha value is -4.46. The number of anilines is 2. The summed E-state index contributed by atoms with van der Waals surface area (Å²) in [5.41, 5.74) is 3.51. The van der Waals surface area contributed by atoms with Gasteiger partial charge in [0.1, 0.15) is 6.33 Å². The van der Waals surface area contributed by atoms with Gasteiger partial charge in [-0.15, -0.1) is 5.10 Å². The lowest BCUT2D eigenvalue weighted by atomic mass is 10.0. The fourth-order valence-corrected chi connectivity index (χ4v) is 3.46. The van der Waals surface area contributed by atoms with Crippen molar-refractivity contribution in [3.63, 3.8) is 0 Å². The van der Waals surface area contributed by atoms with E-state index in [9.17, 15) is 5.11 Å². The van der Waals surface area contributed by atoms with Crippen molar-refractivity contribution < 1.29 is 9.84 Å². The van der Waals surface area contributed by atoms with E-state index < -0.39 is 0 Å². The average Bonchev–Trinajstić information content (AvgIpc) is 3.35. The molecule has 0 bridgehead atoms. The van der Waals surface area contributed by atoms with E-state index in [1.807, 2.05) is 59.6 Å². The van der Waals surface area contributed by atoms with Crippen LogP contribution in [0, 0.1) is 0 Å². The number of ether oxygens (including phenoxy) is 1. The smallest absolute Gasteiger partial charge is 0.165 e. The quantitative estimate of drug-likeness (QED) is 0.464. The summed E-state index contributed by atoms with van der Waals surface area (Å²) in [4.78, 5) is 10.7. The molecule has 2 heterocycles. The zero-order valence-electron chi connectivity index (χ0n) is 16.6. The van der Waals surface area contributed by atoms with Crippen LogP contribution >= 0.6 is 0 Å². The van der Waals surface area contributed by atoms with Crippen molar-refractivity contribution in [2.45, 2.75) is 0 Å². The van der Waals surface area contributed by atoms with E-state index in [-0.39, 0.29) is 5.75 Å². The van der Waals surface area contributed by atoms with E-state index in [1.54, 1.807) is 29.3 Å². The number of methoxy groups -OCH3 is 1. The molecule has 31 heavy (non-hydrogen) atoms. The van der Waals surface area contributed by atoms with E-state index in [2.05, 4.69) is 20.3 Å². The van der Waals surface area contributed by atoms with E-state index >= 15 is 0 Å². The number of benzene rings is 3. The molecule has 152 valence electrons. The molecule has 0 spiro atoms. The lowest BCUT2D eigenvalue weighted by molar-refractivity contribution is 0.373. The maximum atomic E-state index is 9.93. The van der Waals surface area contributed by atoms with Gasteiger partial charge < -0.3 is 9.84 Å². The molecule has 0 aliphatic rings. The Labute approximate surface area is 178 Å². The normalized spacial score (nSPS) is 10.9. The molecule has 1 N–H and O–H groups in total. The molecule has 0 amide bonds. The fourth-order valence-electron chi connectivity index (χ4n) is 3.46. The van der Waals surface area contributed by atoms with Crippen molar-refractivity contribution in [3.05, 3.63) is 85.5 Å². The summed E-state index contributed by atoms with van der Waals surface area (Å²) in [6.45, 7) is 0. The van der Waals surface area contributed by atoms with Crippen molar-refractivity contribution in [3.8, 4) is 22.6 Å². The minimum atomic E-state index is 0.0949. The van der Waals surface area contributed by atoms with Crippen molar-refractivity contribution in [2.24, 2.45) is 0 Å². The Morgan fingerprint density at radius 3 is 2.52 bits per heavy atom. The summed E-state index contributed by atoms with van der Waals surface area (Å²) < 4.78 is 5.26. The van der Waals surface area contributed by atoms with Gasteiger partial charge in [-0.25, -0.2) is 15.0 Å². The van der Waals surface area contributed by atoms with E-state index in [0.717, 1.165) is 27.7 Å². The molecule has 0 saturated heterocycles. The van der Waals surface area contributed by atoms with Crippen molar-refractivity contribution >= 4 is 22.4 Å². The molecule has 8 nitrogen and oxygen atoms in total. The van der Waals surface area contributed by atoms with Crippen LogP contribution in [0.2, 0.25) is 0 Å². The van der Waals surface area contributed by atoms with Crippen LogP contribution in [0.15, 0.2) is 85.5 Å². The van der Waals surface area contributed by atoms with Crippen molar-refractivity contribution in [2.75, 3.05) is 12.1 Å². The maximum Gasteiger partial charge on any atom is 0.165 e. The predicted octanol–water partition coefficient (Wildman–Crippen LogP) is 4.20. The first-order chi connectivity index (χ1) is 15.2. The number of fused-ring (bicyclic) bond motifs is 1. The van der Waals surface area contributed by atoms with Crippen molar-refractivity contribution in [1.82, 2.24) is 25.1 Å². The van der Waals surface area contributed by atoms with Crippen LogP contribution in [0.25, 0.3) is 22.0 Å². The molecule has 0 aliphatic carbocycles. The predicted molar refractivity (Wildman–Crippen MR) is 117 cm³/mol. The van der Waals surface area contributed by atoms with Gasteiger partial charge in [-0.2, -0.15) is 4.79 Å². The van der Waals surface area contributed by atoms with E-state index in [4.69, 9.17) is 4.74 Å². The number of nitrogens with zero attached hydrogens (tertiary/aromatic N) is 6. The minimum Gasteiger partial charge on any atom is -0.504 e. The molecule has 2 aromatic heterocycles. The van der Waals surface area contributed by atoms with Gasteiger partial charge in [-0.1, -0.05) is 30.3 Å². The maximum absolute atomic E-state index is 9.93. The largest absolute Gasteiger partial charge is 0.504 e. The van der Waals surface area contributed by atoms with Crippen LogP contribution in [-0.4, -0.2) is 37.3 Å². The summed E-state index contributed by atoms with van der Waals surface area (Å²) in [6.07, 6.45) is 4.91. The molecule has 0 saturated carbocycles. The standard InChI is InChI=1S/C23H18N6O2/c1-31-22-14-17(8-10-21(22)30)16-7-9-20-19(13-16)23(25-15-24-20)29(28-12-11-26-27-28)18-5-3-2-4-6-18/h2-15,30H,1H3. The highest BCUT2D eigenvalue weighted by atomic mass is 16.5. The van der Waals surface area contributed by atoms with Crippen LogP contribution < -0.4 is 9.75 Å². The Bertz CT molecular complexity index is 1340. The monoisotopic (exact) mass is 410 g/mol. The van der Waals surface area contributed by atoms with Crippen LogP contribution in [0.4, 0.5) is 11.5 Å². The van der Waals surface area contributed by atoms with Gasteiger partial charge in [-0.05, 0) is 52.7 Å². The van der Waals surface area contributed by atoms with Crippen molar-refractivity contribution in [1.29, 1.82) is 0 Å². The molecule has 5 rings (SSSR count). The summed E-state index contributed by atoms with van der Waals surface area (Å²) in [5, 5.41) is 20.8. The second kappa shape index (κ2) is 7.75. The van der Waals surface area contributed by atoms with Gasteiger partial charge in [-0.3, -0.25) is 0 Å². The first-order valence-corrected chi connectivity index (χ1v) is 9.58. The van der Waals surface area contributed by atoms with Crippen LogP contribution in [0.5, 0.6) is 11.5 Å². The van der Waals surface area contributed by atoms with Gasteiger partial charge in [0, 0.05) is 5.39 Å². The summed E-state index contributed by atoms with van der Waals surface area (Å²) in [7, 11) is 1.53. The van der Waals surface area contributed by atoms with Crippen LogP contribution in [0.1, 0.15) is 0 Å². The molecule has 0 fully saturated rings. The summed E-state index contributed by atoms with van der Waals surface area (Å²) in [6, 6.07) is 21.0. The first kappa shape index (κ1) is 18.6. The second-order valence-corrected chi connectivity index (χ2v) is 6.79. The molecule has 8 heteroatoms. The fraction of sp³-hybridized carbons (Fsp3) is 0.0435. The molecular weight excluding hydrogens is 392 g/mol. The Morgan fingerprint density at radius 2 is 1.74 bits per heavy atom. The Balaban J connectivity index is 1.71. The van der Waals surface area contributed by atoms with Gasteiger partial charge >= 0.3 is 0 Å². The molecular formula is C23H18N6O2. The summed E-state index contributed by atoms with van der Waals surface area (Å²) >= 11 is 0. The highest BCUT2D eigenvalue weighted by molar-refractivity contribution is 5.94. The third kappa shape index (κ3) is 3.40. The number of hydrogen-bond donors (Lipinski definition) is 1. The third-order valence-electron chi connectivity index (χ3n) is 4.94. The van der Waals surface area contributed by atoms with E-state index in [0.29, 0.717) is 11.6 Å². The zero-order chi connectivity index (χ0) is 21.2. The molecule has 3 aromatic carbocycles. The number of rotatable bonds is 5. The molecule has 0 aliphatic heterocycles. The van der Waals surface area contributed by atoms with Gasteiger partial charge in [0.15, 0.2) is 17.3 Å². The Kier molecular flexibility index (Phi) is 4.64. The van der Waals surface area contributed by atoms with Gasteiger partial charge in [0.25, 0.3) is 0 Å². The lowest BCUT2D eigenvalue weighted by Crippen LogP contribution is -2.26. The zero-order valence-corrected chi connectivity index (χ0v) is 16.6. The SMILES string of the molecule is COc1cc(-c2ccc3ncnc(N(c4ccccc4)n4ccnn4)c3c2)ccc1O. The number of phenolic OH excluding ortho intramolecular Hbond substituents is 1. The third-order valence-corrected chi connectivity index (χ3v) is 4.94. The number of para-hydroxylation sites is 1. The Morgan fingerprint density at radius 1 is 0.935 bits per heavy atom. The number of phenols is 1. The van der Waals surface area contributed by atoms with Crippen LogP contribution in [0.3, 0.4) is 0 Å². The number of aromatic hydroxyl groups is 1. The number of hydrogen-bond acceptors (Lipinski definition) is 7. The topological polar surface area (TPSA) is 89.2 Å². The lowest BCUT2D eigenvalue weighted by Gasteiger charge is -2.23. The minimum absolute atomic E-state index is 0.0949. The highest BCUT2D eigenvalue weighted by Gasteiger charge is 2.18. The highest BCUT2D eigenvalue weighted by Crippen LogP contribution is 2.35. The molecule has 0 unspecified atom stereocenters. The van der Waals surface area contributed by atoms with Gasteiger partial charge in [0.2, 0.25) is 0 Å². The summed E-state index contributed by atoms with van der Waals surface area (Å²) in [5.74, 6) is 1.17. The molecule has 0 radical (unpaired) electrons. The second-order valence-electron chi connectivity index (χ2n) is 6.79.